The third-order valence-corrected chi connectivity index (χ3v) is 3.30. The van der Waals surface area contributed by atoms with E-state index < -0.39 is 5.82 Å². The maximum absolute atomic E-state index is 14.3. The molecule has 1 aliphatic heterocycles. The molecule has 0 atom stereocenters. The first-order chi connectivity index (χ1) is 12.5. The molecule has 0 radical (unpaired) electrons. The Kier molecular flexibility index (Phi) is 7.64. The largest absolute Gasteiger partial charge is 0.431 e. The summed E-state index contributed by atoms with van der Waals surface area (Å²) in [6.45, 7) is 7.79. The van der Waals surface area contributed by atoms with Crippen LogP contribution >= 0.6 is 0 Å². The van der Waals surface area contributed by atoms with Gasteiger partial charge in [-0.05, 0) is 19.1 Å². The molecule has 26 heavy (non-hydrogen) atoms. The summed E-state index contributed by atoms with van der Waals surface area (Å²) >= 11 is 0. The van der Waals surface area contributed by atoms with Gasteiger partial charge in [-0.3, -0.25) is 0 Å². The number of carbonyl (C=O) groups excluding carboxylic acids is 1. The van der Waals surface area contributed by atoms with Crippen molar-refractivity contribution in [2.45, 2.75) is 20.8 Å². The molecule has 1 aromatic heterocycles. The average Bonchev–Trinajstić information content (AvgIpc) is 2.65. The number of aryl methyl sites for hydroxylation is 1. The number of nitrogens with zero attached hydrogens (tertiary/aromatic N) is 5. The summed E-state index contributed by atoms with van der Waals surface area (Å²) in [7, 11) is 5.42. The lowest BCUT2D eigenvalue weighted by atomic mass is 10.1. The van der Waals surface area contributed by atoms with E-state index >= 15 is 0 Å². The van der Waals surface area contributed by atoms with Gasteiger partial charge in [-0.2, -0.15) is 0 Å². The molecule has 0 aliphatic carbocycles. The van der Waals surface area contributed by atoms with Crippen molar-refractivity contribution < 1.29 is 13.9 Å². The fourth-order valence-corrected chi connectivity index (χ4v) is 2.26. The number of benzene rings is 1. The van der Waals surface area contributed by atoms with E-state index in [-0.39, 0.29) is 5.90 Å². The third kappa shape index (κ3) is 4.33. The predicted molar refractivity (Wildman–Crippen MR) is 102 cm³/mol. The monoisotopic (exact) mass is 361 g/mol. The molecule has 0 amide bonds. The van der Waals surface area contributed by atoms with E-state index in [2.05, 4.69) is 15.1 Å². The van der Waals surface area contributed by atoms with E-state index in [0.29, 0.717) is 28.6 Å². The molecule has 0 N–H and O–H groups in total. The zero-order chi connectivity index (χ0) is 19.9. The first kappa shape index (κ1) is 21.0. The van der Waals surface area contributed by atoms with Crippen LogP contribution in [0.3, 0.4) is 0 Å². The Hall–Kier alpha value is -3.03. The Morgan fingerprint density at radius 2 is 1.88 bits per heavy atom. The van der Waals surface area contributed by atoms with Crippen LogP contribution in [0.15, 0.2) is 29.5 Å². The van der Waals surface area contributed by atoms with Gasteiger partial charge in [0.15, 0.2) is 11.6 Å². The van der Waals surface area contributed by atoms with E-state index in [1.54, 1.807) is 31.2 Å². The summed E-state index contributed by atoms with van der Waals surface area (Å²) in [5.41, 5.74) is 0.995. The predicted octanol–water partition coefficient (Wildman–Crippen LogP) is 3.02. The van der Waals surface area contributed by atoms with Gasteiger partial charge in [-0.1, -0.05) is 19.9 Å². The number of hydrogen-bond acceptors (Lipinski definition) is 7. The highest BCUT2D eigenvalue weighted by molar-refractivity contribution is 6.02. The highest BCUT2D eigenvalue weighted by atomic mass is 19.1. The molecule has 8 heteroatoms. The minimum Gasteiger partial charge on any atom is -0.431 e. The molecule has 0 spiro atoms. The fourth-order valence-electron chi connectivity index (χ4n) is 2.26. The van der Waals surface area contributed by atoms with Crippen molar-refractivity contribution in [1.29, 1.82) is 0 Å². The van der Waals surface area contributed by atoms with Crippen molar-refractivity contribution in [2.24, 2.45) is 5.10 Å². The Labute approximate surface area is 153 Å². The number of hydrazone groups is 1. The van der Waals surface area contributed by atoms with Gasteiger partial charge in [0.1, 0.15) is 18.4 Å². The summed E-state index contributed by atoms with van der Waals surface area (Å²) in [6, 6.07) is 4.85. The fraction of sp³-hybridized carbons (Fsp3) is 0.333. The van der Waals surface area contributed by atoms with Crippen LogP contribution in [-0.2, 0) is 4.79 Å². The molecule has 3 rings (SSSR count). The lowest BCUT2D eigenvalue weighted by molar-refractivity contribution is -0.0979. The molecule has 0 bridgehead atoms. The summed E-state index contributed by atoms with van der Waals surface area (Å²) < 4.78 is 20.1. The first-order valence-corrected chi connectivity index (χ1v) is 8.06. The van der Waals surface area contributed by atoms with Gasteiger partial charge in [-0.15, -0.1) is 5.10 Å². The maximum Gasteiger partial charge on any atom is 0.249 e. The number of hydrogen-bond donors (Lipinski definition) is 0. The lowest BCUT2D eigenvalue weighted by Crippen LogP contribution is -2.28. The van der Waals surface area contributed by atoms with Crippen molar-refractivity contribution in [1.82, 2.24) is 9.97 Å². The van der Waals surface area contributed by atoms with Gasteiger partial charge < -0.3 is 14.4 Å². The molecule has 0 saturated carbocycles. The minimum atomic E-state index is -0.394. The average molecular weight is 361 g/mol. The Balaban J connectivity index is 0.000000791. The maximum atomic E-state index is 14.3. The molecule has 2 aromatic rings. The van der Waals surface area contributed by atoms with E-state index in [9.17, 15) is 4.39 Å². The van der Waals surface area contributed by atoms with Crippen LogP contribution in [0.5, 0.6) is 5.75 Å². The third-order valence-electron chi connectivity index (χ3n) is 3.30. The minimum absolute atomic E-state index is 0.184. The number of carbonyl (C=O) groups is 1. The topological polar surface area (TPSA) is 70.9 Å². The summed E-state index contributed by atoms with van der Waals surface area (Å²) in [5, 5.41) is 5.87. The van der Waals surface area contributed by atoms with Crippen molar-refractivity contribution in [3.05, 3.63) is 41.6 Å². The lowest BCUT2D eigenvalue weighted by Gasteiger charge is -2.25. The van der Waals surface area contributed by atoms with Gasteiger partial charge in [0.25, 0.3) is 0 Å². The van der Waals surface area contributed by atoms with Crippen LogP contribution < -0.4 is 14.6 Å². The van der Waals surface area contributed by atoms with Crippen LogP contribution in [0.4, 0.5) is 15.9 Å². The number of rotatable bonds is 2. The molecule has 7 nitrogen and oxygen atoms in total. The molecular weight excluding hydrogens is 337 g/mol. The number of halogens is 1. The molecule has 0 saturated heterocycles. The van der Waals surface area contributed by atoms with Gasteiger partial charge in [0.2, 0.25) is 5.90 Å². The van der Waals surface area contributed by atoms with E-state index in [1.165, 1.54) is 6.07 Å². The number of anilines is 2. The number of aromatic nitrogens is 2. The van der Waals surface area contributed by atoms with E-state index in [4.69, 9.17) is 9.53 Å². The molecule has 2 heterocycles. The summed E-state index contributed by atoms with van der Waals surface area (Å²) in [4.78, 5) is 18.2. The van der Waals surface area contributed by atoms with Crippen molar-refractivity contribution >= 4 is 24.2 Å². The van der Waals surface area contributed by atoms with Crippen LogP contribution in [0.25, 0.3) is 0 Å². The van der Waals surface area contributed by atoms with E-state index in [1.807, 2.05) is 45.7 Å². The van der Waals surface area contributed by atoms with Crippen molar-refractivity contribution in [2.75, 3.05) is 31.1 Å². The van der Waals surface area contributed by atoms with Gasteiger partial charge in [0, 0.05) is 21.1 Å². The molecule has 1 aromatic carbocycles. The molecule has 140 valence electrons. The quantitative estimate of drug-likeness (QED) is 0.819. The highest BCUT2D eigenvalue weighted by Crippen LogP contribution is 2.32. The number of ether oxygens (including phenoxy) is 1. The van der Waals surface area contributed by atoms with Crippen molar-refractivity contribution in [3.8, 4) is 5.75 Å². The summed E-state index contributed by atoms with van der Waals surface area (Å²) in [6.07, 6.45) is 1.57. The second-order valence-electron chi connectivity index (χ2n) is 5.16. The highest BCUT2D eigenvalue weighted by Gasteiger charge is 2.26. The first-order valence-electron chi connectivity index (χ1n) is 8.06. The normalized spacial score (nSPS) is 11.7. The molecule has 1 aliphatic rings. The van der Waals surface area contributed by atoms with Crippen LogP contribution in [0.1, 0.15) is 25.2 Å². The number of fused-ring (bicyclic) bond motifs is 1. The molecular formula is C18H24FN5O2. The zero-order valence-corrected chi connectivity index (χ0v) is 15.9. The van der Waals surface area contributed by atoms with Crippen molar-refractivity contribution in [3.63, 3.8) is 0 Å². The smallest absolute Gasteiger partial charge is 0.249 e. The van der Waals surface area contributed by atoms with Crippen LogP contribution in [0.2, 0.25) is 0 Å². The second-order valence-corrected chi connectivity index (χ2v) is 5.16. The van der Waals surface area contributed by atoms with Crippen LogP contribution in [-0.4, -0.2) is 43.8 Å². The second kappa shape index (κ2) is 9.45. The molecule has 0 fully saturated rings. The Morgan fingerprint density at radius 3 is 2.50 bits per heavy atom. The summed E-state index contributed by atoms with van der Waals surface area (Å²) in [5.74, 6) is 1.41. The van der Waals surface area contributed by atoms with Gasteiger partial charge in [0.05, 0.1) is 17.4 Å². The zero-order valence-electron chi connectivity index (χ0n) is 15.9. The Morgan fingerprint density at radius 1 is 1.23 bits per heavy atom. The van der Waals surface area contributed by atoms with Gasteiger partial charge >= 0.3 is 0 Å². The SMILES string of the molecule is C=O.CC.Cc1ncc2c(n1)N(C)N=C(c1c(F)cccc1N(C)C)O2. The van der Waals surface area contributed by atoms with E-state index in [0.717, 1.165) is 0 Å². The van der Waals surface area contributed by atoms with Gasteiger partial charge in [-0.25, -0.2) is 19.4 Å². The van der Waals surface area contributed by atoms with Crippen LogP contribution in [0, 0.1) is 12.7 Å². The Bertz CT molecular complexity index is 780. The standard InChI is InChI=1S/C15H16FN5O.C2H6.CH2O/c1-9-17-8-12-14(18-9)21(4)19-15(22-12)13-10(16)6-5-7-11(13)20(2)3;2*1-2/h5-8H,1-4H3;1-2H3;1H2. The molecule has 0 unspecified atom stereocenters.